The summed E-state index contributed by atoms with van der Waals surface area (Å²) >= 11 is 1.85. The van der Waals surface area contributed by atoms with E-state index in [1.165, 1.54) is 26.8 Å². The Kier molecular flexibility index (Phi) is 4.37. The minimum absolute atomic E-state index is 0.384. The zero-order chi connectivity index (χ0) is 14.7. The van der Waals surface area contributed by atoms with E-state index in [2.05, 4.69) is 73.1 Å². The second kappa shape index (κ2) is 6.42. The largest absolute Gasteiger partial charge is 0.310 e. The first-order valence-electron chi connectivity index (χ1n) is 7.53. The highest BCUT2D eigenvalue weighted by molar-refractivity contribution is 7.17. The van der Waals surface area contributed by atoms with Crippen LogP contribution < -0.4 is 5.32 Å². The van der Waals surface area contributed by atoms with Gasteiger partial charge in [-0.2, -0.15) is 0 Å². The molecule has 21 heavy (non-hydrogen) atoms. The summed E-state index contributed by atoms with van der Waals surface area (Å²) in [6, 6.07) is 17.8. The molecule has 0 aliphatic heterocycles. The molecule has 1 heterocycles. The minimum Gasteiger partial charge on any atom is -0.310 e. The molecule has 1 unspecified atom stereocenters. The van der Waals surface area contributed by atoms with Crippen molar-refractivity contribution in [2.45, 2.75) is 26.3 Å². The number of hydrogen-bond acceptors (Lipinski definition) is 2. The van der Waals surface area contributed by atoms with Crippen molar-refractivity contribution >= 4 is 21.4 Å². The third kappa shape index (κ3) is 3.02. The van der Waals surface area contributed by atoms with E-state index in [0.29, 0.717) is 6.04 Å². The maximum absolute atomic E-state index is 3.65. The molecule has 1 N–H and O–H groups in total. The van der Waals surface area contributed by atoms with Crippen molar-refractivity contribution in [1.82, 2.24) is 5.32 Å². The first-order valence-corrected chi connectivity index (χ1v) is 8.41. The number of hydrogen-bond donors (Lipinski definition) is 1. The van der Waals surface area contributed by atoms with Crippen LogP contribution in [-0.4, -0.2) is 6.54 Å². The smallest absolute Gasteiger partial charge is 0.0363 e. The normalized spacial score (nSPS) is 12.7. The maximum atomic E-state index is 3.65. The molecule has 0 saturated heterocycles. The van der Waals surface area contributed by atoms with Crippen LogP contribution in [0.1, 0.15) is 29.7 Å². The average molecular weight is 295 g/mol. The Morgan fingerprint density at radius 3 is 2.62 bits per heavy atom. The molecule has 3 rings (SSSR count). The van der Waals surface area contributed by atoms with E-state index in [1.54, 1.807) is 0 Å². The van der Waals surface area contributed by atoms with Crippen LogP contribution in [0.3, 0.4) is 0 Å². The van der Waals surface area contributed by atoms with Gasteiger partial charge >= 0.3 is 0 Å². The van der Waals surface area contributed by atoms with Crippen LogP contribution in [0.15, 0.2) is 53.9 Å². The molecule has 0 aliphatic rings. The number of likely N-dealkylation sites (N-methyl/N-ethyl adjacent to an activating group) is 1. The average Bonchev–Trinajstić information content (AvgIpc) is 2.91. The van der Waals surface area contributed by atoms with Gasteiger partial charge in [0, 0.05) is 10.7 Å². The summed E-state index contributed by atoms with van der Waals surface area (Å²) in [4.78, 5) is 0. The number of fused-ring (bicyclic) bond motifs is 1. The second-order valence-electron chi connectivity index (χ2n) is 5.43. The third-order valence-corrected chi connectivity index (χ3v) is 5.01. The molecule has 0 aliphatic carbocycles. The van der Waals surface area contributed by atoms with Gasteiger partial charge in [-0.3, -0.25) is 0 Å². The Morgan fingerprint density at radius 1 is 1.05 bits per heavy atom. The molecule has 0 radical (unpaired) electrons. The van der Waals surface area contributed by atoms with Gasteiger partial charge in [0.2, 0.25) is 0 Å². The zero-order valence-corrected chi connectivity index (χ0v) is 13.4. The molecule has 108 valence electrons. The van der Waals surface area contributed by atoms with Crippen LogP contribution in [0.25, 0.3) is 10.1 Å². The molecule has 2 aromatic carbocycles. The highest BCUT2D eigenvalue weighted by atomic mass is 32.1. The molecule has 3 aromatic rings. The predicted octanol–water partition coefficient (Wildman–Crippen LogP) is 5.10. The van der Waals surface area contributed by atoms with Crippen LogP contribution in [0.2, 0.25) is 0 Å². The van der Waals surface area contributed by atoms with Gasteiger partial charge in [-0.05, 0) is 53.4 Å². The van der Waals surface area contributed by atoms with E-state index in [4.69, 9.17) is 0 Å². The van der Waals surface area contributed by atoms with Crippen LogP contribution in [0.4, 0.5) is 0 Å². The maximum Gasteiger partial charge on any atom is 0.0363 e. The number of nitrogens with one attached hydrogen (secondary N) is 1. The third-order valence-electron chi connectivity index (χ3n) is 4.00. The van der Waals surface area contributed by atoms with Gasteiger partial charge in [0.05, 0.1) is 0 Å². The fraction of sp³-hybridized carbons (Fsp3) is 0.263. The molecule has 1 aromatic heterocycles. The number of benzene rings is 2. The van der Waals surface area contributed by atoms with E-state index >= 15 is 0 Å². The summed E-state index contributed by atoms with van der Waals surface area (Å²) in [6.07, 6.45) is 1.04. The Morgan fingerprint density at radius 2 is 1.81 bits per heavy atom. The monoisotopic (exact) mass is 295 g/mol. The van der Waals surface area contributed by atoms with Crippen LogP contribution in [0, 0.1) is 6.92 Å². The fourth-order valence-electron chi connectivity index (χ4n) is 2.93. The summed E-state index contributed by atoms with van der Waals surface area (Å²) in [5.41, 5.74) is 4.22. The summed E-state index contributed by atoms with van der Waals surface area (Å²) in [5.74, 6) is 0. The van der Waals surface area contributed by atoms with E-state index in [1.807, 2.05) is 11.3 Å². The Labute approximate surface area is 130 Å². The van der Waals surface area contributed by atoms with Crippen molar-refractivity contribution in [3.63, 3.8) is 0 Å². The fourth-order valence-corrected chi connectivity index (χ4v) is 3.90. The molecule has 1 nitrogen and oxygen atoms in total. The molecule has 2 heteroatoms. The SMILES string of the molecule is CCNC(Cc1csc2ccccc12)c1ccccc1C. The van der Waals surface area contributed by atoms with E-state index < -0.39 is 0 Å². The van der Waals surface area contributed by atoms with Gasteiger partial charge in [0.25, 0.3) is 0 Å². The second-order valence-corrected chi connectivity index (χ2v) is 6.34. The first-order chi connectivity index (χ1) is 10.3. The molecule has 0 bridgehead atoms. The van der Waals surface area contributed by atoms with E-state index in [-0.39, 0.29) is 0 Å². The quantitative estimate of drug-likeness (QED) is 0.690. The van der Waals surface area contributed by atoms with Gasteiger partial charge in [0.15, 0.2) is 0 Å². The lowest BCUT2D eigenvalue weighted by atomic mass is 9.95. The van der Waals surface area contributed by atoms with Crippen molar-refractivity contribution in [3.8, 4) is 0 Å². The van der Waals surface area contributed by atoms with Gasteiger partial charge in [-0.1, -0.05) is 49.4 Å². The minimum atomic E-state index is 0.384. The molecule has 0 fully saturated rings. The highest BCUT2D eigenvalue weighted by Crippen LogP contribution is 2.30. The van der Waals surface area contributed by atoms with Crippen molar-refractivity contribution in [2.24, 2.45) is 0 Å². The summed E-state index contributed by atoms with van der Waals surface area (Å²) in [5, 5.41) is 7.36. The van der Waals surface area contributed by atoms with E-state index in [9.17, 15) is 0 Å². The summed E-state index contributed by atoms with van der Waals surface area (Å²) in [6.45, 7) is 5.36. The van der Waals surface area contributed by atoms with Gasteiger partial charge in [0.1, 0.15) is 0 Å². The first kappa shape index (κ1) is 14.3. The standard InChI is InChI=1S/C19H21NS/c1-3-20-18(16-9-5-4-8-14(16)2)12-15-13-21-19-11-7-6-10-17(15)19/h4-11,13,18,20H,3,12H2,1-2H3. The van der Waals surface area contributed by atoms with Crippen LogP contribution in [0.5, 0.6) is 0 Å². The van der Waals surface area contributed by atoms with Gasteiger partial charge in [-0.25, -0.2) is 0 Å². The Hall–Kier alpha value is -1.64. The number of thiophene rings is 1. The lowest BCUT2D eigenvalue weighted by molar-refractivity contribution is 0.549. The number of aryl methyl sites for hydroxylation is 1. The van der Waals surface area contributed by atoms with Crippen LogP contribution >= 0.6 is 11.3 Å². The van der Waals surface area contributed by atoms with Crippen molar-refractivity contribution in [1.29, 1.82) is 0 Å². The summed E-state index contributed by atoms with van der Waals surface area (Å²) < 4.78 is 1.38. The molecular weight excluding hydrogens is 274 g/mol. The van der Waals surface area contributed by atoms with Crippen molar-refractivity contribution < 1.29 is 0 Å². The molecule has 0 saturated carbocycles. The van der Waals surface area contributed by atoms with Gasteiger partial charge < -0.3 is 5.32 Å². The lowest BCUT2D eigenvalue weighted by Gasteiger charge is -2.20. The molecule has 0 spiro atoms. The Balaban J connectivity index is 1.94. The topological polar surface area (TPSA) is 12.0 Å². The number of rotatable bonds is 5. The lowest BCUT2D eigenvalue weighted by Crippen LogP contribution is -2.23. The summed E-state index contributed by atoms with van der Waals surface area (Å²) in [7, 11) is 0. The predicted molar refractivity (Wildman–Crippen MR) is 93.1 cm³/mol. The molecular formula is C19H21NS. The Bertz CT molecular complexity index is 729. The highest BCUT2D eigenvalue weighted by Gasteiger charge is 2.15. The van der Waals surface area contributed by atoms with Gasteiger partial charge in [-0.15, -0.1) is 11.3 Å². The van der Waals surface area contributed by atoms with Crippen molar-refractivity contribution in [2.75, 3.05) is 6.54 Å². The van der Waals surface area contributed by atoms with E-state index in [0.717, 1.165) is 13.0 Å². The molecule has 0 amide bonds. The zero-order valence-electron chi connectivity index (χ0n) is 12.6. The molecule has 1 atom stereocenters. The van der Waals surface area contributed by atoms with Crippen molar-refractivity contribution in [3.05, 3.63) is 70.6 Å². The van der Waals surface area contributed by atoms with Crippen LogP contribution in [-0.2, 0) is 6.42 Å².